The monoisotopic (exact) mass is 279 g/mol. The summed E-state index contributed by atoms with van der Waals surface area (Å²) in [5.41, 5.74) is 1.78. The summed E-state index contributed by atoms with van der Waals surface area (Å²) in [5.74, 6) is -0.125. The number of anilines is 1. The molecule has 2 rings (SSSR count). The molecule has 0 bridgehead atoms. The fraction of sp³-hybridized carbons (Fsp3) is 0.625. The summed E-state index contributed by atoms with van der Waals surface area (Å²) in [7, 11) is 6.07. The SMILES string of the molecule is CNC(C)c1cccc(F)c1N(C)C1CCCN(C)C1. The van der Waals surface area contributed by atoms with Crippen LogP contribution in [0.4, 0.5) is 10.1 Å². The standard InChI is InChI=1S/C16H26FN3/c1-12(18-2)14-8-5-9-15(17)16(14)20(4)13-7-6-10-19(3)11-13/h5,8-9,12-13,18H,6-7,10-11H2,1-4H3. The Kier molecular flexibility index (Phi) is 5.00. The lowest BCUT2D eigenvalue weighted by Crippen LogP contribution is -2.45. The van der Waals surface area contributed by atoms with Gasteiger partial charge in [-0.1, -0.05) is 12.1 Å². The van der Waals surface area contributed by atoms with Crippen molar-refractivity contribution < 1.29 is 4.39 Å². The maximum absolute atomic E-state index is 14.4. The molecule has 3 nitrogen and oxygen atoms in total. The molecule has 2 atom stereocenters. The lowest BCUT2D eigenvalue weighted by atomic mass is 10.0. The summed E-state index contributed by atoms with van der Waals surface area (Å²) >= 11 is 0. The number of hydrogen-bond donors (Lipinski definition) is 1. The Morgan fingerprint density at radius 2 is 2.20 bits per heavy atom. The van der Waals surface area contributed by atoms with Gasteiger partial charge in [-0.25, -0.2) is 4.39 Å². The Labute approximate surface area is 121 Å². The minimum absolute atomic E-state index is 0.125. The third kappa shape index (κ3) is 3.13. The van der Waals surface area contributed by atoms with Gasteiger partial charge in [0, 0.05) is 25.7 Å². The van der Waals surface area contributed by atoms with Crippen LogP contribution in [0.15, 0.2) is 18.2 Å². The molecule has 1 heterocycles. The fourth-order valence-electron chi connectivity index (χ4n) is 3.05. The number of likely N-dealkylation sites (tertiary alicyclic amines) is 1. The molecule has 0 amide bonds. The van der Waals surface area contributed by atoms with E-state index in [0.29, 0.717) is 6.04 Å². The van der Waals surface area contributed by atoms with Crippen LogP contribution in [0.3, 0.4) is 0 Å². The van der Waals surface area contributed by atoms with Crippen molar-refractivity contribution in [2.24, 2.45) is 0 Å². The summed E-state index contributed by atoms with van der Waals surface area (Å²) in [4.78, 5) is 4.46. The summed E-state index contributed by atoms with van der Waals surface area (Å²) < 4.78 is 14.4. The number of nitrogens with one attached hydrogen (secondary N) is 1. The second-order valence-electron chi connectivity index (χ2n) is 5.86. The summed E-state index contributed by atoms with van der Waals surface area (Å²) in [6.07, 6.45) is 2.30. The minimum atomic E-state index is -0.125. The van der Waals surface area contributed by atoms with Crippen LogP contribution < -0.4 is 10.2 Å². The number of piperidine rings is 1. The van der Waals surface area contributed by atoms with Crippen LogP contribution in [0.2, 0.25) is 0 Å². The van der Waals surface area contributed by atoms with Gasteiger partial charge in [0.1, 0.15) is 5.82 Å². The molecular weight excluding hydrogens is 253 g/mol. The molecule has 1 aromatic rings. The van der Waals surface area contributed by atoms with Gasteiger partial charge in [-0.2, -0.15) is 0 Å². The normalized spacial score (nSPS) is 21.8. The molecule has 1 aromatic carbocycles. The van der Waals surface area contributed by atoms with Crippen LogP contribution in [0.1, 0.15) is 31.4 Å². The zero-order valence-corrected chi connectivity index (χ0v) is 13.0. The Hall–Kier alpha value is -1.13. The average molecular weight is 279 g/mol. The van der Waals surface area contributed by atoms with E-state index in [4.69, 9.17) is 0 Å². The zero-order valence-electron chi connectivity index (χ0n) is 13.0. The fourth-order valence-corrected chi connectivity index (χ4v) is 3.05. The van der Waals surface area contributed by atoms with Gasteiger partial charge in [-0.3, -0.25) is 0 Å². The van der Waals surface area contributed by atoms with Crippen molar-refractivity contribution in [3.05, 3.63) is 29.6 Å². The van der Waals surface area contributed by atoms with Crippen LogP contribution in [0.25, 0.3) is 0 Å². The molecule has 20 heavy (non-hydrogen) atoms. The topological polar surface area (TPSA) is 18.5 Å². The summed E-state index contributed by atoms with van der Waals surface area (Å²) in [6, 6.07) is 5.90. The highest BCUT2D eigenvalue weighted by atomic mass is 19.1. The lowest BCUT2D eigenvalue weighted by molar-refractivity contribution is 0.247. The van der Waals surface area contributed by atoms with E-state index in [2.05, 4.69) is 29.1 Å². The Morgan fingerprint density at radius 1 is 1.45 bits per heavy atom. The molecule has 1 saturated heterocycles. The molecule has 0 radical (unpaired) electrons. The van der Waals surface area contributed by atoms with E-state index in [9.17, 15) is 4.39 Å². The number of likely N-dealkylation sites (N-methyl/N-ethyl adjacent to an activating group) is 2. The first kappa shape index (κ1) is 15.3. The molecular formula is C16H26FN3. The number of nitrogens with zero attached hydrogens (tertiary/aromatic N) is 2. The molecule has 4 heteroatoms. The van der Waals surface area contributed by atoms with Gasteiger partial charge < -0.3 is 15.1 Å². The predicted molar refractivity (Wildman–Crippen MR) is 82.8 cm³/mol. The molecule has 1 N–H and O–H groups in total. The van der Waals surface area contributed by atoms with Crippen LogP contribution in [-0.4, -0.2) is 45.2 Å². The van der Waals surface area contributed by atoms with Gasteiger partial charge in [0.05, 0.1) is 5.69 Å². The second-order valence-corrected chi connectivity index (χ2v) is 5.86. The Balaban J connectivity index is 2.30. The first-order chi connectivity index (χ1) is 9.54. The van der Waals surface area contributed by atoms with Crippen LogP contribution in [0.5, 0.6) is 0 Å². The quantitative estimate of drug-likeness (QED) is 0.914. The lowest BCUT2D eigenvalue weighted by Gasteiger charge is -2.38. The van der Waals surface area contributed by atoms with Gasteiger partial charge >= 0.3 is 0 Å². The first-order valence-electron chi connectivity index (χ1n) is 7.41. The minimum Gasteiger partial charge on any atom is -0.368 e. The van der Waals surface area contributed by atoms with E-state index in [1.54, 1.807) is 12.1 Å². The van der Waals surface area contributed by atoms with Gasteiger partial charge in [-0.05, 0) is 52.0 Å². The Bertz CT molecular complexity index is 449. The van der Waals surface area contributed by atoms with Crippen LogP contribution in [0, 0.1) is 5.82 Å². The van der Waals surface area contributed by atoms with Crippen molar-refractivity contribution in [1.82, 2.24) is 10.2 Å². The zero-order chi connectivity index (χ0) is 14.7. The van der Waals surface area contributed by atoms with Crippen molar-refractivity contribution in [3.63, 3.8) is 0 Å². The van der Waals surface area contributed by atoms with E-state index in [1.807, 2.05) is 20.2 Å². The van der Waals surface area contributed by atoms with Crippen LogP contribution in [-0.2, 0) is 0 Å². The molecule has 0 aliphatic carbocycles. The van der Waals surface area contributed by atoms with Crippen LogP contribution >= 0.6 is 0 Å². The largest absolute Gasteiger partial charge is 0.368 e. The number of benzene rings is 1. The van der Waals surface area contributed by atoms with Crippen molar-refractivity contribution in [1.29, 1.82) is 0 Å². The van der Waals surface area contributed by atoms with Crippen molar-refractivity contribution in [3.8, 4) is 0 Å². The molecule has 2 unspecified atom stereocenters. The highest BCUT2D eigenvalue weighted by molar-refractivity contribution is 5.56. The number of rotatable bonds is 4. The van der Waals surface area contributed by atoms with Gasteiger partial charge in [0.2, 0.25) is 0 Å². The van der Waals surface area contributed by atoms with Crippen molar-refractivity contribution >= 4 is 5.69 Å². The average Bonchev–Trinajstić information content (AvgIpc) is 2.45. The highest BCUT2D eigenvalue weighted by Crippen LogP contribution is 2.31. The number of para-hydroxylation sites is 1. The molecule has 0 spiro atoms. The third-order valence-corrected chi connectivity index (χ3v) is 4.42. The van der Waals surface area contributed by atoms with Crippen molar-refractivity contribution in [2.45, 2.75) is 31.8 Å². The molecule has 1 aliphatic heterocycles. The smallest absolute Gasteiger partial charge is 0.146 e. The predicted octanol–water partition coefficient (Wildman–Crippen LogP) is 2.64. The molecule has 0 aromatic heterocycles. The maximum Gasteiger partial charge on any atom is 0.146 e. The Morgan fingerprint density at radius 3 is 2.85 bits per heavy atom. The highest BCUT2D eigenvalue weighted by Gasteiger charge is 2.25. The maximum atomic E-state index is 14.4. The van der Waals surface area contributed by atoms with E-state index in [0.717, 1.165) is 30.8 Å². The van der Waals surface area contributed by atoms with E-state index in [-0.39, 0.29) is 11.9 Å². The molecule has 1 fully saturated rings. The second kappa shape index (κ2) is 6.55. The van der Waals surface area contributed by atoms with E-state index < -0.39 is 0 Å². The van der Waals surface area contributed by atoms with E-state index in [1.165, 1.54) is 6.42 Å². The first-order valence-corrected chi connectivity index (χ1v) is 7.41. The summed E-state index contributed by atoms with van der Waals surface area (Å²) in [5, 5.41) is 3.21. The van der Waals surface area contributed by atoms with Gasteiger partial charge in [0.25, 0.3) is 0 Å². The van der Waals surface area contributed by atoms with Gasteiger partial charge in [0.15, 0.2) is 0 Å². The van der Waals surface area contributed by atoms with E-state index >= 15 is 0 Å². The third-order valence-electron chi connectivity index (χ3n) is 4.42. The number of hydrogen-bond acceptors (Lipinski definition) is 3. The van der Waals surface area contributed by atoms with Crippen molar-refractivity contribution in [2.75, 3.05) is 39.1 Å². The molecule has 112 valence electrons. The number of halogens is 1. The van der Waals surface area contributed by atoms with Gasteiger partial charge in [-0.15, -0.1) is 0 Å². The molecule has 0 saturated carbocycles. The molecule has 1 aliphatic rings. The summed E-state index contributed by atoms with van der Waals surface area (Å²) in [6.45, 7) is 4.21.